The number of hydrogen-bond acceptors (Lipinski definition) is 2. The number of para-hydroxylation sites is 2. The summed E-state index contributed by atoms with van der Waals surface area (Å²) in [6, 6.07) is 65.8. The van der Waals surface area contributed by atoms with E-state index in [1.165, 1.54) is 65.2 Å². The van der Waals surface area contributed by atoms with Crippen molar-refractivity contribution in [2.75, 3.05) is 0 Å². The summed E-state index contributed by atoms with van der Waals surface area (Å²) in [5.74, 6) is 0.656. The summed E-state index contributed by atoms with van der Waals surface area (Å²) in [5.41, 5.74) is 11.0. The smallest absolute Gasteiger partial charge is 0.235 e. The quantitative estimate of drug-likeness (QED) is 0.171. The van der Waals surface area contributed by atoms with Gasteiger partial charge in [0.25, 0.3) is 0 Å². The summed E-state index contributed by atoms with van der Waals surface area (Å²) in [4.78, 5) is 11.2. The lowest BCUT2D eigenvalue weighted by Crippen LogP contribution is -2.04. The summed E-state index contributed by atoms with van der Waals surface area (Å²) in [6.07, 6.45) is 0. The molecule has 13 aromatic rings. The van der Waals surface area contributed by atoms with Crippen LogP contribution in [0.25, 0.3) is 121 Å². The van der Waals surface area contributed by atoms with Crippen molar-refractivity contribution in [3.63, 3.8) is 0 Å². The van der Waals surface area contributed by atoms with Crippen molar-refractivity contribution < 1.29 is 0 Å². The Labute approximate surface area is 320 Å². The van der Waals surface area contributed by atoms with Gasteiger partial charge in [-0.1, -0.05) is 146 Å². The molecule has 0 spiro atoms. The minimum absolute atomic E-state index is 0.656. The lowest BCUT2D eigenvalue weighted by atomic mass is 9.97. The molecule has 0 fully saturated rings. The first-order chi connectivity index (χ1) is 27.8. The predicted molar refractivity (Wildman–Crippen MR) is 234 cm³/mol. The fraction of sp³-hybridized carbons (Fsp3) is 0. The van der Waals surface area contributed by atoms with E-state index in [1.54, 1.807) is 0 Å². The van der Waals surface area contributed by atoms with Crippen LogP contribution in [0.15, 0.2) is 182 Å². The summed E-state index contributed by atoms with van der Waals surface area (Å²) in [5, 5.41) is 13.2. The van der Waals surface area contributed by atoms with Gasteiger partial charge < -0.3 is 4.40 Å². The Kier molecular flexibility index (Phi) is 5.86. The van der Waals surface area contributed by atoms with Crippen LogP contribution in [0.2, 0.25) is 0 Å². The van der Waals surface area contributed by atoms with E-state index in [9.17, 15) is 0 Å². The number of nitrogens with zero attached hydrogens (tertiary/aromatic N) is 4. The van der Waals surface area contributed by atoms with E-state index in [-0.39, 0.29) is 0 Å². The lowest BCUT2D eigenvalue weighted by molar-refractivity contribution is 1.02. The molecule has 13 rings (SSSR count). The van der Waals surface area contributed by atoms with Gasteiger partial charge in [-0.25, -0.2) is 9.97 Å². The Balaban J connectivity index is 1.24. The normalized spacial score (nSPS) is 12.3. The first kappa shape index (κ1) is 29.8. The van der Waals surface area contributed by atoms with Crippen molar-refractivity contribution in [1.29, 1.82) is 0 Å². The molecule has 4 aromatic heterocycles. The van der Waals surface area contributed by atoms with Crippen LogP contribution in [0.4, 0.5) is 0 Å². The standard InChI is InChI=1S/C52H30N4/c1-2-13-31(14-3-1)33-17-10-18-35(29-33)49-41-28-27-32-15-4-7-20-37(32)50(41)54-52(53-49)56-44-26-12-25-43-47(44)48-45(56)30-34-16-5-6-19-36(34)46(48)40-23-11-22-39-38-21-8-9-24-42(38)55(43)51(39)40/h1-30H. The van der Waals surface area contributed by atoms with Crippen molar-refractivity contribution in [1.82, 2.24) is 18.9 Å². The van der Waals surface area contributed by atoms with Crippen LogP contribution in [0.3, 0.4) is 0 Å². The molecule has 4 heterocycles. The molecule has 258 valence electrons. The van der Waals surface area contributed by atoms with Crippen molar-refractivity contribution in [3.05, 3.63) is 182 Å². The van der Waals surface area contributed by atoms with Crippen LogP contribution in [-0.4, -0.2) is 18.9 Å². The molecule has 0 radical (unpaired) electrons. The maximum Gasteiger partial charge on any atom is 0.235 e. The molecule has 0 aliphatic heterocycles. The number of hydrogen-bond donors (Lipinski definition) is 0. The Morgan fingerprint density at radius 3 is 1.91 bits per heavy atom. The molecule has 0 saturated heterocycles. The van der Waals surface area contributed by atoms with Gasteiger partial charge in [-0.05, 0) is 63.7 Å². The largest absolute Gasteiger partial charge is 0.308 e. The van der Waals surface area contributed by atoms with Gasteiger partial charge in [0.1, 0.15) is 0 Å². The van der Waals surface area contributed by atoms with Gasteiger partial charge in [-0.2, -0.15) is 0 Å². The average molecular weight is 711 g/mol. The van der Waals surface area contributed by atoms with Crippen molar-refractivity contribution >= 4 is 92.3 Å². The molecule has 0 saturated carbocycles. The molecule has 0 atom stereocenters. The molecule has 4 heteroatoms. The molecular weight excluding hydrogens is 681 g/mol. The van der Waals surface area contributed by atoms with E-state index in [2.05, 4.69) is 191 Å². The van der Waals surface area contributed by atoms with E-state index >= 15 is 0 Å². The zero-order valence-corrected chi connectivity index (χ0v) is 30.1. The van der Waals surface area contributed by atoms with Gasteiger partial charge >= 0.3 is 0 Å². The Bertz CT molecular complexity index is 3760. The fourth-order valence-electron chi connectivity index (χ4n) is 9.66. The van der Waals surface area contributed by atoms with Crippen LogP contribution < -0.4 is 0 Å². The van der Waals surface area contributed by atoms with Crippen molar-refractivity contribution in [2.24, 2.45) is 0 Å². The van der Waals surface area contributed by atoms with E-state index < -0.39 is 0 Å². The van der Waals surface area contributed by atoms with Gasteiger partial charge in [0.15, 0.2) is 0 Å². The second-order valence-electron chi connectivity index (χ2n) is 14.9. The number of aromatic nitrogens is 4. The summed E-state index contributed by atoms with van der Waals surface area (Å²) in [7, 11) is 0. The average Bonchev–Trinajstić information content (AvgIpc) is 3.74. The van der Waals surface area contributed by atoms with E-state index in [1.807, 2.05) is 0 Å². The molecule has 0 amide bonds. The zero-order valence-electron chi connectivity index (χ0n) is 30.1. The van der Waals surface area contributed by atoms with Crippen LogP contribution >= 0.6 is 0 Å². The molecule has 9 aromatic carbocycles. The van der Waals surface area contributed by atoms with Crippen LogP contribution in [0.5, 0.6) is 0 Å². The third kappa shape index (κ3) is 3.92. The number of rotatable bonds is 3. The highest BCUT2D eigenvalue weighted by molar-refractivity contribution is 6.36. The molecule has 56 heavy (non-hydrogen) atoms. The summed E-state index contributed by atoms with van der Waals surface area (Å²) >= 11 is 0. The second-order valence-corrected chi connectivity index (χ2v) is 14.9. The third-order valence-corrected chi connectivity index (χ3v) is 12.0. The van der Waals surface area contributed by atoms with Crippen molar-refractivity contribution in [3.8, 4) is 28.3 Å². The third-order valence-electron chi connectivity index (χ3n) is 12.0. The molecule has 0 aliphatic carbocycles. The van der Waals surface area contributed by atoms with E-state index in [0.717, 1.165) is 49.5 Å². The predicted octanol–water partition coefficient (Wildman–Crippen LogP) is 13.5. The molecule has 0 bridgehead atoms. The van der Waals surface area contributed by atoms with Gasteiger partial charge in [0, 0.05) is 48.7 Å². The summed E-state index contributed by atoms with van der Waals surface area (Å²) in [6.45, 7) is 0. The maximum atomic E-state index is 5.61. The maximum absolute atomic E-state index is 5.61. The number of fused-ring (bicyclic) bond motifs is 10. The summed E-state index contributed by atoms with van der Waals surface area (Å²) < 4.78 is 4.82. The van der Waals surface area contributed by atoms with Gasteiger partial charge in [-0.3, -0.25) is 4.57 Å². The van der Waals surface area contributed by atoms with Crippen LogP contribution in [0.1, 0.15) is 0 Å². The topological polar surface area (TPSA) is 35.1 Å². The van der Waals surface area contributed by atoms with Crippen LogP contribution in [0, 0.1) is 0 Å². The minimum Gasteiger partial charge on any atom is -0.308 e. The highest BCUT2D eigenvalue weighted by Gasteiger charge is 2.25. The molecule has 0 aliphatic rings. The van der Waals surface area contributed by atoms with E-state index in [4.69, 9.17) is 9.97 Å². The zero-order chi connectivity index (χ0) is 36.5. The number of benzene rings is 9. The lowest BCUT2D eigenvalue weighted by Gasteiger charge is -2.14. The Morgan fingerprint density at radius 2 is 1.00 bits per heavy atom. The molecule has 4 nitrogen and oxygen atoms in total. The SMILES string of the molecule is c1ccc(-c2cccc(-c3nc(-n4c5cc6ccccc6c6c7cccc8c9ccccc9n(c9cccc4c9c65)c87)nc4c3ccc3ccccc34)c2)cc1. The first-order valence-corrected chi connectivity index (χ1v) is 19.2. The first-order valence-electron chi connectivity index (χ1n) is 19.2. The fourth-order valence-corrected chi connectivity index (χ4v) is 9.66. The minimum atomic E-state index is 0.656. The van der Waals surface area contributed by atoms with Gasteiger partial charge in [-0.15, -0.1) is 0 Å². The molecule has 0 N–H and O–H groups in total. The second kappa shape index (κ2) is 11.0. The van der Waals surface area contributed by atoms with Gasteiger partial charge in [0.05, 0.1) is 38.8 Å². The monoisotopic (exact) mass is 710 g/mol. The van der Waals surface area contributed by atoms with E-state index in [0.29, 0.717) is 5.95 Å². The molecular formula is C52H30N4. The molecule has 0 unspecified atom stereocenters. The highest BCUT2D eigenvalue weighted by Crippen LogP contribution is 2.47. The Hall–Kier alpha value is -7.56. The van der Waals surface area contributed by atoms with Crippen LogP contribution in [-0.2, 0) is 0 Å². The van der Waals surface area contributed by atoms with Gasteiger partial charge in [0.2, 0.25) is 5.95 Å². The van der Waals surface area contributed by atoms with Crippen molar-refractivity contribution in [2.45, 2.75) is 0 Å². The highest BCUT2D eigenvalue weighted by atomic mass is 15.2. The Morgan fingerprint density at radius 1 is 0.339 bits per heavy atom.